The molecule has 1 N–H and O–H groups in total. The molecule has 0 aromatic heterocycles. The quantitative estimate of drug-likeness (QED) is 0.901. The third kappa shape index (κ3) is 3.31. The van der Waals surface area contributed by atoms with Gasteiger partial charge in [-0.05, 0) is 55.6 Å². The normalized spacial score (nSPS) is 23.0. The van der Waals surface area contributed by atoms with Gasteiger partial charge in [0.15, 0.2) is 0 Å². The van der Waals surface area contributed by atoms with Crippen molar-refractivity contribution in [3.05, 3.63) is 65.2 Å². The van der Waals surface area contributed by atoms with Gasteiger partial charge >= 0.3 is 0 Å². The second-order valence-electron chi connectivity index (χ2n) is 7.67. The van der Waals surface area contributed by atoms with E-state index in [0.717, 1.165) is 39.3 Å². The van der Waals surface area contributed by atoms with Gasteiger partial charge in [-0.15, -0.1) is 0 Å². The number of fused-ring (bicyclic) bond motifs is 1. The topological polar surface area (TPSA) is 24.5 Å². The summed E-state index contributed by atoms with van der Waals surface area (Å²) in [4.78, 5) is 2.45. The predicted molar refractivity (Wildman–Crippen MR) is 103 cm³/mol. The Hall–Kier alpha value is -1.84. The lowest BCUT2D eigenvalue weighted by molar-refractivity contribution is 0.122. The summed E-state index contributed by atoms with van der Waals surface area (Å²) in [7, 11) is 0. The van der Waals surface area contributed by atoms with Crippen molar-refractivity contribution in [1.29, 1.82) is 0 Å². The zero-order valence-electron chi connectivity index (χ0n) is 15.3. The molecule has 132 valence electrons. The van der Waals surface area contributed by atoms with Crippen LogP contribution in [0.2, 0.25) is 0 Å². The van der Waals surface area contributed by atoms with Crippen LogP contribution < -0.4 is 10.2 Å². The van der Waals surface area contributed by atoms with Crippen molar-refractivity contribution >= 4 is 5.69 Å². The summed E-state index contributed by atoms with van der Waals surface area (Å²) in [6, 6.07) is 18.0. The van der Waals surface area contributed by atoms with E-state index in [2.05, 4.69) is 72.6 Å². The van der Waals surface area contributed by atoms with Crippen molar-refractivity contribution in [1.82, 2.24) is 5.32 Å². The lowest BCUT2D eigenvalue weighted by Gasteiger charge is -2.33. The van der Waals surface area contributed by atoms with E-state index in [4.69, 9.17) is 4.74 Å². The average Bonchev–Trinajstić information content (AvgIpc) is 2.79. The Morgan fingerprint density at radius 2 is 1.80 bits per heavy atom. The molecule has 2 aliphatic heterocycles. The summed E-state index contributed by atoms with van der Waals surface area (Å²) >= 11 is 0. The van der Waals surface area contributed by atoms with Gasteiger partial charge in [0.1, 0.15) is 0 Å². The standard InChI is InChI=1S/C22H28N2O/c1-22(2)21-16-18(24-12-14-25-15-13-24)8-9-20(21)19(10-11-23-22)17-6-4-3-5-7-17/h3-9,16,19,23H,10-15H2,1-2H3. The highest BCUT2D eigenvalue weighted by atomic mass is 16.5. The number of ether oxygens (including phenoxy) is 1. The first-order chi connectivity index (χ1) is 12.1. The first-order valence-corrected chi connectivity index (χ1v) is 9.42. The molecular weight excluding hydrogens is 308 g/mol. The van der Waals surface area contributed by atoms with Crippen molar-refractivity contribution in [2.75, 3.05) is 37.7 Å². The molecule has 0 radical (unpaired) electrons. The summed E-state index contributed by atoms with van der Waals surface area (Å²) in [5.74, 6) is 0.462. The fraction of sp³-hybridized carbons (Fsp3) is 0.455. The average molecular weight is 336 g/mol. The number of morpholine rings is 1. The van der Waals surface area contributed by atoms with E-state index in [1.54, 1.807) is 0 Å². The van der Waals surface area contributed by atoms with Gasteiger partial charge in [-0.2, -0.15) is 0 Å². The summed E-state index contributed by atoms with van der Waals surface area (Å²) in [6.45, 7) is 9.26. The van der Waals surface area contributed by atoms with Gasteiger partial charge in [0, 0.05) is 30.2 Å². The Morgan fingerprint density at radius 3 is 2.56 bits per heavy atom. The number of hydrogen-bond acceptors (Lipinski definition) is 3. The summed E-state index contributed by atoms with van der Waals surface area (Å²) < 4.78 is 5.52. The van der Waals surface area contributed by atoms with Gasteiger partial charge < -0.3 is 15.0 Å². The molecule has 1 fully saturated rings. The lowest BCUT2D eigenvalue weighted by atomic mass is 9.82. The van der Waals surface area contributed by atoms with Crippen LogP contribution in [0.25, 0.3) is 0 Å². The molecule has 3 heteroatoms. The second kappa shape index (κ2) is 6.81. The van der Waals surface area contributed by atoms with E-state index in [0.29, 0.717) is 5.92 Å². The smallest absolute Gasteiger partial charge is 0.0642 e. The monoisotopic (exact) mass is 336 g/mol. The number of anilines is 1. The molecule has 1 atom stereocenters. The Kier molecular flexibility index (Phi) is 4.53. The molecule has 0 saturated carbocycles. The first-order valence-electron chi connectivity index (χ1n) is 9.42. The van der Waals surface area contributed by atoms with Crippen molar-refractivity contribution < 1.29 is 4.74 Å². The molecule has 2 aliphatic rings. The van der Waals surface area contributed by atoms with Crippen molar-refractivity contribution in [3.8, 4) is 0 Å². The van der Waals surface area contributed by atoms with E-state index < -0.39 is 0 Å². The number of nitrogens with zero attached hydrogens (tertiary/aromatic N) is 1. The minimum Gasteiger partial charge on any atom is -0.378 e. The fourth-order valence-corrected chi connectivity index (χ4v) is 4.22. The van der Waals surface area contributed by atoms with Crippen LogP contribution in [-0.4, -0.2) is 32.8 Å². The highest BCUT2D eigenvalue weighted by Gasteiger charge is 2.31. The van der Waals surface area contributed by atoms with E-state index in [9.17, 15) is 0 Å². The van der Waals surface area contributed by atoms with E-state index in [1.165, 1.54) is 22.4 Å². The van der Waals surface area contributed by atoms with Crippen LogP contribution in [-0.2, 0) is 10.3 Å². The Balaban J connectivity index is 1.77. The predicted octanol–water partition coefficient (Wildman–Crippen LogP) is 3.88. The van der Waals surface area contributed by atoms with Crippen molar-refractivity contribution in [2.45, 2.75) is 31.7 Å². The summed E-state index contributed by atoms with van der Waals surface area (Å²) in [6.07, 6.45) is 1.14. The van der Waals surface area contributed by atoms with Gasteiger partial charge in [0.25, 0.3) is 0 Å². The molecule has 0 bridgehead atoms. The van der Waals surface area contributed by atoms with Crippen LogP contribution in [0.5, 0.6) is 0 Å². The largest absolute Gasteiger partial charge is 0.378 e. The highest BCUT2D eigenvalue weighted by molar-refractivity contribution is 5.55. The number of nitrogens with one attached hydrogen (secondary N) is 1. The van der Waals surface area contributed by atoms with Crippen LogP contribution in [0.3, 0.4) is 0 Å². The van der Waals surface area contributed by atoms with E-state index in [1.807, 2.05) is 0 Å². The lowest BCUT2D eigenvalue weighted by Crippen LogP contribution is -2.38. The molecule has 2 aromatic rings. The molecular formula is C22H28N2O. The van der Waals surface area contributed by atoms with Crippen molar-refractivity contribution in [2.24, 2.45) is 0 Å². The number of rotatable bonds is 2. The Morgan fingerprint density at radius 1 is 1.04 bits per heavy atom. The molecule has 0 aliphatic carbocycles. The highest BCUT2D eigenvalue weighted by Crippen LogP contribution is 2.39. The second-order valence-corrected chi connectivity index (χ2v) is 7.67. The maximum Gasteiger partial charge on any atom is 0.0642 e. The minimum atomic E-state index is -0.0127. The van der Waals surface area contributed by atoms with Gasteiger partial charge in [-0.1, -0.05) is 36.4 Å². The van der Waals surface area contributed by atoms with Crippen LogP contribution >= 0.6 is 0 Å². The third-order valence-electron chi connectivity index (χ3n) is 5.66. The zero-order valence-corrected chi connectivity index (χ0v) is 15.3. The molecule has 2 heterocycles. The van der Waals surface area contributed by atoms with Crippen LogP contribution in [0.4, 0.5) is 5.69 Å². The van der Waals surface area contributed by atoms with Crippen LogP contribution in [0.15, 0.2) is 48.5 Å². The summed E-state index contributed by atoms with van der Waals surface area (Å²) in [5, 5.41) is 3.76. The van der Waals surface area contributed by atoms with E-state index >= 15 is 0 Å². The maximum atomic E-state index is 5.52. The van der Waals surface area contributed by atoms with Gasteiger partial charge in [0.05, 0.1) is 13.2 Å². The molecule has 1 saturated heterocycles. The Labute approximate surface area is 151 Å². The fourth-order valence-electron chi connectivity index (χ4n) is 4.22. The van der Waals surface area contributed by atoms with Gasteiger partial charge in [0.2, 0.25) is 0 Å². The SMILES string of the molecule is CC1(C)NCCC(c2ccccc2)c2ccc(N3CCOCC3)cc21. The molecule has 4 rings (SSSR count). The van der Waals surface area contributed by atoms with Crippen LogP contribution in [0, 0.1) is 0 Å². The number of benzene rings is 2. The molecule has 1 unspecified atom stereocenters. The maximum absolute atomic E-state index is 5.52. The van der Waals surface area contributed by atoms with Crippen LogP contribution in [0.1, 0.15) is 42.9 Å². The molecule has 2 aromatic carbocycles. The molecule has 0 amide bonds. The first kappa shape index (κ1) is 16.6. The Bertz CT molecular complexity index is 720. The van der Waals surface area contributed by atoms with Gasteiger partial charge in [-0.3, -0.25) is 0 Å². The third-order valence-corrected chi connectivity index (χ3v) is 5.66. The summed E-state index contributed by atoms with van der Waals surface area (Å²) in [5.41, 5.74) is 5.63. The van der Waals surface area contributed by atoms with E-state index in [-0.39, 0.29) is 5.54 Å². The number of hydrogen-bond donors (Lipinski definition) is 1. The molecule has 25 heavy (non-hydrogen) atoms. The minimum absolute atomic E-state index is 0.0127. The van der Waals surface area contributed by atoms with Gasteiger partial charge in [-0.25, -0.2) is 0 Å². The van der Waals surface area contributed by atoms with Crippen molar-refractivity contribution in [3.63, 3.8) is 0 Å². The molecule has 3 nitrogen and oxygen atoms in total. The zero-order chi connectivity index (χ0) is 17.3. The molecule has 0 spiro atoms.